The SMILES string of the molecule is O=c1[nH]cc(S(=O)(=O)Nc2ccc(Br)c(F)c2)cc1Cl. The molecule has 9 heteroatoms. The summed E-state index contributed by atoms with van der Waals surface area (Å²) < 4.78 is 39.8. The van der Waals surface area contributed by atoms with Crippen molar-refractivity contribution in [1.29, 1.82) is 0 Å². The van der Waals surface area contributed by atoms with Gasteiger partial charge in [0.15, 0.2) is 0 Å². The fourth-order valence-electron chi connectivity index (χ4n) is 1.37. The Bertz CT molecular complexity index is 823. The van der Waals surface area contributed by atoms with E-state index in [1.807, 2.05) is 0 Å². The summed E-state index contributed by atoms with van der Waals surface area (Å²) in [5.41, 5.74) is -0.548. The number of anilines is 1. The van der Waals surface area contributed by atoms with E-state index in [0.717, 1.165) is 18.3 Å². The lowest BCUT2D eigenvalue weighted by atomic mass is 10.3. The Morgan fingerprint density at radius 3 is 2.60 bits per heavy atom. The van der Waals surface area contributed by atoms with Gasteiger partial charge in [0, 0.05) is 6.20 Å². The van der Waals surface area contributed by atoms with Crippen molar-refractivity contribution in [2.24, 2.45) is 0 Å². The standard InChI is InChI=1S/C11H7BrClFN2O3S/c12-8-2-1-6(3-10(8)14)16-20(18,19)7-4-9(13)11(17)15-5-7/h1-5,16H,(H,15,17). The van der Waals surface area contributed by atoms with E-state index in [9.17, 15) is 17.6 Å². The molecule has 0 aliphatic heterocycles. The van der Waals surface area contributed by atoms with Gasteiger partial charge in [-0.15, -0.1) is 0 Å². The van der Waals surface area contributed by atoms with E-state index in [4.69, 9.17) is 11.6 Å². The first-order valence-electron chi connectivity index (χ1n) is 5.16. The molecule has 0 atom stereocenters. The molecule has 1 aromatic heterocycles. The van der Waals surface area contributed by atoms with Gasteiger partial charge in [-0.3, -0.25) is 9.52 Å². The molecule has 20 heavy (non-hydrogen) atoms. The van der Waals surface area contributed by atoms with E-state index < -0.39 is 21.4 Å². The van der Waals surface area contributed by atoms with Gasteiger partial charge < -0.3 is 4.98 Å². The Hall–Kier alpha value is -1.38. The second-order valence-electron chi connectivity index (χ2n) is 3.75. The highest BCUT2D eigenvalue weighted by molar-refractivity contribution is 9.10. The average Bonchev–Trinajstić information content (AvgIpc) is 2.37. The Morgan fingerprint density at radius 2 is 2.00 bits per heavy atom. The monoisotopic (exact) mass is 380 g/mol. The molecular weight excluding hydrogens is 375 g/mol. The van der Waals surface area contributed by atoms with Gasteiger partial charge in [0.1, 0.15) is 15.7 Å². The van der Waals surface area contributed by atoms with Gasteiger partial charge in [0.2, 0.25) is 0 Å². The Labute approximate surface area is 127 Å². The summed E-state index contributed by atoms with van der Waals surface area (Å²) in [6, 6.07) is 4.79. The Balaban J connectivity index is 2.37. The first-order chi connectivity index (χ1) is 9.29. The first-order valence-corrected chi connectivity index (χ1v) is 7.81. The molecule has 0 amide bonds. The number of sulfonamides is 1. The van der Waals surface area contributed by atoms with Crippen molar-refractivity contribution < 1.29 is 12.8 Å². The molecule has 0 fully saturated rings. The molecule has 0 unspecified atom stereocenters. The molecule has 0 saturated heterocycles. The van der Waals surface area contributed by atoms with Gasteiger partial charge >= 0.3 is 0 Å². The van der Waals surface area contributed by atoms with Crippen LogP contribution in [0.5, 0.6) is 0 Å². The van der Waals surface area contributed by atoms with Crippen LogP contribution in [0, 0.1) is 5.82 Å². The van der Waals surface area contributed by atoms with E-state index in [2.05, 4.69) is 25.6 Å². The van der Waals surface area contributed by atoms with Crippen LogP contribution in [0.25, 0.3) is 0 Å². The number of aromatic nitrogens is 1. The predicted molar refractivity (Wildman–Crippen MR) is 77.0 cm³/mol. The number of hydrogen-bond donors (Lipinski definition) is 2. The van der Waals surface area contributed by atoms with Crippen molar-refractivity contribution >= 4 is 43.2 Å². The zero-order valence-corrected chi connectivity index (χ0v) is 12.8. The van der Waals surface area contributed by atoms with E-state index in [1.54, 1.807) is 0 Å². The zero-order valence-electron chi connectivity index (χ0n) is 9.65. The summed E-state index contributed by atoms with van der Waals surface area (Å²) in [6.45, 7) is 0. The zero-order chi connectivity index (χ0) is 14.9. The van der Waals surface area contributed by atoms with Crippen LogP contribution in [0.3, 0.4) is 0 Å². The molecule has 1 aromatic carbocycles. The normalized spacial score (nSPS) is 11.3. The molecule has 0 aliphatic carbocycles. The smallest absolute Gasteiger partial charge is 0.266 e. The van der Waals surface area contributed by atoms with Crippen LogP contribution in [0.4, 0.5) is 10.1 Å². The lowest BCUT2D eigenvalue weighted by Crippen LogP contribution is -2.16. The minimum absolute atomic E-state index is 0.0491. The molecule has 2 N–H and O–H groups in total. The second kappa shape index (κ2) is 5.55. The van der Waals surface area contributed by atoms with Crippen molar-refractivity contribution in [3.63, 3.8) is 0 Å². The molecule has 0 aliphatic rings. The molecule has 2 rings (SSSR count). The third-order valence-electron chi connectivity index (χ3n) is 2.31. The molecular formula is C11H7BrClFN2O3S. The second-order valence-corrected chi connectivity index (χ2v) is 6.69. The third kappa shape index (κ3) is 3.20. The number of nitrogens with one attached hydrogen (secondary N) is 2. The van der Waals surface area contributed by atoms with Gasteiger partial charge in [-0.05, 0) is 40.2 Å². The summed E-state index contributed by atoms with van der Waals surface area (Å²) in [4.78, 5) is 13.0. The summed E-state index contributed by atoms with van der Waals surface area (Å²) in [7, 11) is -3.97. The van der Waals surface area contributed by atoms with Crippen molar-refractivity contribution in [3.05, 3.63) is 56.1 Å². The van der Waals surface area contributed by atoms with E-state index in [0.29, 0.717) is 0 Å². The molecule has 2 aromatic rings. The van der Waals surface area contributed by atoms with Crippen LogP contribution >= 0.6 is 27.5 Å². The number of benzene rings is 1. The largest absolute Gasteiger partial charge is 0.326 e. The molecule has 1 heterocycles. The van der Waals surface area contributed by atoms with Gasteiger partial charge in [0.25, 0.3) is 15.6 Å². The highest BCUT2D eigenvalue weighted by Gasteiger charge is 2.16. The number of halogens is 3. The maximum absolute atomic E-state index is 13.3. The molecule has 0 saturated carbocycles. The molecule has 106 valence electrons. The van der Waals surface area contributed by atoms with Crippen molar-refractivity contribution in [3.8, 4) is 0 Å². The molecule has 0 spiro atoms. The number of hydrogen-bond acceptors (Lipinski definition) is 3. The fourth-order valence-corrected chi connectivity index (χ4v) is 2.89. The Kier molecular flexibility index (Phi) is 4.17. The lowest BCUT2D eigenvalue weighted by Gasteiger charge is -2.08. The summed E-state index contributed by atoms with van der Waals surface area (Å²) >= 11 is 8.53. The van der Waals surface area contributed by atoms with Crippen LogP contribution in [0.2, 0.25) is 5.02 Å². The van der Waals surface area contributed by atoms with Gasteiger partial charge in [0.05, 0.1) is 10.2 Å². The molecule has 0 radical (unpaired) electrons. The highest BCUT2D eigenvalue weighted by Crippen LogP contribution is 2.22. The number of rotatable bonds is 3. The van der Waals surface area contributed by atoms with Gasteiger partial charge in [-0.25, -0.2) is 12.8 Å². The van der Waals surface area contributed by atoms with E-state index >= 15 is 0 Å². The third-order valence-corrected chi connectivity index (χ3v) is 4.60. The van der Waals surface area contributed by atoms with Crippen molar-refractivity contribution in [2.45, 2.75) is 4.90 Å². The van der Waals surface area contributed by atoms with Crippen LogP contribution in [-0.4, -0.2) is 13.4 Å². The number of H-pyrrole nitrogens is 1. The summed E-state index contributed by atoms with van der Waals surface area (Å²) in [5.74, 6) is -0.607. The van der Waals surface area contributed by atoms with Crippen molar-refractivity contribution in [1.82, 2.24) is 4.98 Å². The summed E-state index contributed by atoms with van der Waals surface area (Å²) in [5, 5.41) is -0.255. The number of pyridine rings is 1. The van der Waals surface area contributed by atoms with Crippen LogP contribution in [0.1, 0.15) is 0 Å². The van der Waals surface area contributed by atoms with E-state index in [1.165, 1.54) is 12.1 Å². The maximum Gasteiger partial charge on any atom is 0.266 e. The summed E-state index contributed by atoms with van der Waals surface area (Å²) in [6.07, 6.45) is 1.01. The molecule has 5 nitrogen and oxygen atoms in total. The van der Waals surface area contributed by atoms with E-state index in [-0.39, 0.29) is 20.1 Å². The van der Waals surface area contributed by atoms with Crippen LogP contribution in [-0.2, 0) is 10.0 Å². The predicted octanol–water partition coefficient (Wildman–Crippen LogP) is 2.73. The highest BCUT2D eigenvalue weighted by atomic mass is 79.9. The lowest BCUT2D eigenvalue weighted by molar-refractivity contribution is 0.600. The van der Waals surface area contributed by atoms with Crippen LogP contribution in [0.15, 0.2) is 44.6 Å². The van der Waals surface area contributed by atoms with Crippen molar-refractivity contribution in [2.75, 3.05) is 4.72 Å². The molecule has 0 bridgehead atoms. The topological polar surface area (TPSA) is 79.0 Å². The fraction of sp³-hybridized carbons (Fsp3) is 0. The number of aromatic amines is 1. The average molecular weight is 382 g/mol. The Morgan fingerprint density at radius 1 is 1.30 bits per heavy atom. The minimum atomic E-state index is -3.97. The minimum Gasteiger partial charge on any atom is -0.326 e. The van der Waals surface area contributed by atoms with Gasteiger partial charge in [-0.1, -0.05) is 11.6 Å². The van der Waals surface area contributed by atoms with Gasteiger partial charge in [-0.2, -0.15) is 0 Å². The first kappa shape index (κ1) is 15.0. The quantitative estimate of drug-likeness (QED) is 0.858. The van der Waals surface area contributed by atoms with Crippen LogP contribution < -0.4 is 10.3 Å². The maximum atomic E-state index is 13.3.